The molecule has 3 heteroatoms. The molecule has 0 aliphatic heterocycles. The number of hydrogen-bond acceptors (Lipinski definition) is 2. The Bertz CT molecular complexity index is 486. The third-order valence-electron chi connectivity index (χ3n) is 3.34. The summed E-state index contributed by atoms with van der Waals surface area (Å²) in [7, 11) is 0. The van der Waals surface area contributed by atoms with Crippen molar-refractivity contribution in [1.29, 1.82) is 0 Å². The zero-order valence-corrected chi connectivity index (χ0v) is 10.6. The minimum atomic E-state index is 0.365. The van der Waals surface area contributed by atoms with Crippen LogP contribution in [0.3, 0.4) is 0 Å². The van der Waals surface area contributed by atoms with Gasteiger partial charge in [0.05, 0.1) is 5.52 Å². The summed E-state index contributed by atoms with van der Waals surface area (Å²) < 4.78 is 2.20. The molecule has 1 N–H and O–H groups in total. The summed E-state index contributed by atoms with van der Waals surface area (Å²) in [5.41, 5.74) is 1.11. The van der Waals surface area contributed by atoms with Gasteiger partial charge in [-0.3, -0.25) is 0 Å². The lowest BCUT2D eigenvalue weighted by molar-refractivity contribution is 0.292. The van der Waals surface area contributed by atoms with E-state index in [1.54, 1.807) is 6.07 Å². The first-order valence-corrected chi connectivity index (χ1v) is 6.25. The number of benzene rings is 1. The highest BCUT2D eigenvalue weighted by Crippen LogP contribution is 2.24. The average Bonchev–Trinajstić information content (AvgIpc) is 2.75. The van der Waals surface area contributed by atoms with Crippen molar-refractivity contribution in [2.75, 3.05) is 19.6 Å². The molecule has 0 fully saturated rings. The molecule has 0 aliphatic rings. The highest BCUT2D eigenvalue weighted by molar-refractivity contribution is 5.86. The predicted molar refractivity (Wildman–Crippen MR) is 71.4 cm³/mol. The summed E-state index contributed by atoms with van der Waals surface area (Å²) in [6.07, 6.45) is 2.05. The largest absolute Gasteiger partial charge is 0.507 e. The fraction of sp³-hybridized carbons (Fsp3) is 0.429. The van der Waals surface area contributed by atoms with Gasteiger partial charge < -0.3 is 14.6 Å². The van der Waals surface area contributed by atoms with Gasteiger partial charge in [0, 0.05) is 24.7 Å². The Morgan fingerprint density at radius 1 is 1.18 bits per heavy atom. The summed E-state index contributed by atoms with van der Waals surface area (Å²) in [5, 5.41) is 10.7. The highest BCUT2D eigenvalue weighted by atomic mass is 16.3. The van der Waals surface area contributed by atoms with E-state index in [2.05, 4.69) is 29.4 Å². The van der Waals surface area contributed by atoms with Crippen molar-refractivity contribution < 1.29 is 5.11 Å². The quantitative estimate of drug-likeness (QED) is 0.858. The van der Waals surface area contributed by atoms with E-state index in [-0.39, 0.29) is 0 Å². The van der Waals surface area contributed by atoms with Crippen molar-refractivity contribution in [1.82, 2.24) is 9.47 Å². The molecule has 0 saturated carbocycles. The molecule has 1 aromatic carbocycles. The first kappa shape index (κ1) is 12.0. The average molecular weight is 232 g/mol. The van der Waals surface area contributed by atoms with Crippen LogP contribution < -0.4 is 0 Å². The smallest absolute Gasteiger partial charge is 0.124 e. The van der Waals surface area contributed by atoms with E-state index in [9.17, 15) is 5.11 Å². The van der Waals surface area contributed by atoms with Gasteiger partial charge in [-0.25, -0.2) is 0 Å². The molecule has 1 aromatic heterocycles. The summed E-state index contributed by atoms with van der Waals surface area (Å²) in [4.78, 5) is 2.40. The van der Waals surface area contributed by atoms with Crippen LogP contribution in [0.5, 0.6) is 5.75 Å². The first-order chi connectivity index (χ1) is 8.26. The normalized spacial score (nSPS) is 11.5. The molecule has 0 unspecified atom stereocenters. The van der Waals surface area contributed by atoms with Crippen LogP contribution in [0.2, 0.25) is 0 Å². The molecule has 3 nitrogen and oxygen atoms in total. The number of hydrogen-bond donors (Lipinski definition) is 1. The molecule has 17 heavy (non-hydrogen) atoms. The molecule has 0 aliphatic carbocycles. The SMILES string of the molecule is CCN(CC)CCn1ccc2c(O)cccc21. The van der Waals surface area contributed by atoms with Crippen LogP contribution in [0.15, 0.2) is 30.5 Å². The second kappa shape index (κ2) is 5.23. The minimum absolute atomic E-state index is 0.365. The number of likely N-dealkylation sites (N-methyl/N-ethyl adjacent to an activating group) is 1. The molecule has 2 rings (SSSR count). The van der Waals surface area contributed by atoms with Crippen molar-refractivity contribution in [3.63, 3.8) is 0 Å². The minimum Gasteiger partial charge on any atom is -0.507 e. The van der Waals surface area contributed by atoms with E-state index in [0.29, 0.717) is 5.75 Å². The van der Waals surface area contributed by atoms with Crippen molar-refractivity contribution >= 4 is 10.9 Å². The number of aromatic nitrogens is 1. The first-order valence-electron chi connectivity index (χ1n) is 6.25. The van der Waals surface area contributed by atoms with E-state index >= 15 is 0 Å². The zero-order valence-electron chi connectivity index (χ0n) is 10.6. The van der Waals surface area contributed by atoms with E-state index in [0.717, 1.165) is 37.1 Å². The summed E-state index contributed by atoms with van der Waals surface area (Å²) in [6.45, 7) is 8.55. The van der Waals surface area contributed by atoms with Crippen LogP contribution in [-0.4, -0.2) is 34.2 Å². The third kappa shape index (κ3) is 2.44. The van der Waals surface area contributed by atoms with Gasteiger partial charge in [-0.2, -0.15) is 0 Å². The molecule has 2 aromatic rings. The van der Waals surface area contributed by atoms with Crippen molar-refractivity contribution in [2.45, 2.75) is 20.4 Å². The maximum Gasteiger partial charge on any atom is 0.124 e. The summed E-state index contributed by atoms with van der Waals surface area (Å²) >= 11 is 0. The number of nitrogens with zero attached hydrogens (tertiary/aromatic N) is 2. The molecule has 0 atom stereocenters. The summed E-state index contributed by atoms with van der Waals surface area (Å²) in [5.74, 6) is 0.365. The molecule has 92 valence electrons. The van der Waals surface area contributed by atoms with Gasteiger partial charge in [-0.15, -0.1) is 0 Å². The number of aromatic hydroxyl groups is 1. The van der Waals surface area contributed by atoms with Crippen molar-refractivity contribution in [3.8, 4) is 5.75 Å². The van der Waals surface area contributed by atoms with Crippen LogP contribution in [-0.2, 0) is 6.54 Å². The molecule has 0 spiro atoms. The molecule has 1 heterocycles. The van der Waals surface area contributed by atoms with E-state index in [1.807, 2.05) is 18.3 Å². The fourth-order valence-corrected chi connectivity index (χ4v) is 2.19. The molecule has 0 saturated heterocycles. The van der Waals surface area contributed by atoms with Gasteiger partial charge in [0.2, 0.25) is 0 Å². The van der Waals surface area contributed by atoms with Crippen LogP contribution in [0.4, 0.5) is 0 Å². The number of phenolic OH excluding ortho intramolecular Hbond substituents is 1. The van der Waals surface area contributed by atoms with Crippen molar-refractivity contribution in [3.05, 3.63) is 30.5 Å². The Balaban J connectivity index is 2.17. The number of rotatable bonds is 5. The van der Waals surface area contributed by atoms with Crippen LogP contribution >= 0.6 is 0 Å². The second-order valence-corrected chi connectivity index (χ2v) is 4.25. The fourth-order valence-electron chi connectivity index (χ4n) is 2.19. The van der Waals surface area contributed by atoms with Gasteiger partial charge in [-0.05, 0) is 31.3 Å². The van der Waals surface area contributed by atoms with Crippen LogP contribution in [0, 0.1) is 0 Å². The lowest BCUT2D eigenvalue weighted by Gasteiger charge is -2.18. The van der Waals surface area contributed by atoms with Gasteiger partial charge in [-0.1, -0.05) is 19.9 Å². The number of phenols is 1. The predicted octanol–water partition coefficient (Wildman–Crippen LogP) is 2.69. The third-order valence-corrected chi connectivity index (χ3v) is 3.34. The lowest BCUT2D eigenvalue weighted by Crippen LogP contribution is -2.26. The zero-order chi connectivity index (χ0) is 12.3. The number of fused-ring (bicyclic) bond motifs is 1. The van der Waals surface area contributed by atoms with Crippen LogP contribution in [0.25, 0.3) is 10.9 Å². The van der Waals surface area contributed by atoms with Gasteiger partial charge >= 0.3 is 0 Å². The Kier molecular flexibility index (Phi) is 3.69. The maximum absolute atomic E-state index is 9.73. The van der Waals surface area contributed by atoms with E-state index < -0.39 is 0 Å². The summed E-state index contributed by atoms with van der Waals surface area (Å²) in [6, 6.07) is 7.66. The topological polar surface area (TPSA) is 28.4 Å². The second-order valence-electron chi connectivity index (χ2n) is 4.25. The molecule has 0 radical (unpaired) electrons. The molecular weight excluding hydrogens is 212 g/mol. The van der Waals surface area contributed by atoms with Crippen molar-refractivity contribution in [2.24, 2.45) is 0 Å². The Morgan fingerprint density at radius 3 is 2.65 bits per heavy atom. The standard InChI is InChI=1S/C14H20N2O/c1-3-15(4-2)10-11-16-9-8-12-13(16)6-5-7-14(12)17/h5-9,17H,3-4,10-11H2,1-2H3. The lowest BCUT2D eigenvalue weighted by atomic mass is 10.2. The van der Waals surface area contributed by atoms with Gasteiger partial charge in [0.25, 0.3) is 0 Å². The highest BCUT2D eigenvalue weighted by Gasteiger charge is 2.05. The Labute approximate surface area is 102 Å². The molecular formula is C14H20N2O. The molecule has 0 amide bonds. The van der Waals surface area contributed by atoms with Gasteiger partial charge in [0.15, 0.2) is 0 Å². The molecule has 0 bridgehead atoms. The Hall–Kier alpha value is -1.48. The van der Waals surface area contributed by atoms with Crippen LogP contribution in [0.1, 0.15) is 13.8 Å². The van der Waals surface area contributed by atoms with Gasteiger partial charge in [0.1, 0.15) is 5.75 Å². The van der Waals surface area contributed by atoms with E-state index in [1.165, 1.54) is 0 Å². The monoisotopic (exact) mass is 232 g/mol. The maximum atomic E-state index is 9.73. The Morgan fingerprint density at radius 2 is 1.94 bits per heavy atom. The van der Waals surface area contributed by atoms with E-state index in [4.69, 9.17) is 0 Å².